The van der Waals surface area contributed by atoms with E-state index in [1.165, 1.54) is 63.4 Å². The lowest BCUT2D eigenvalue weighted by Crippen LogP contribution is -2.00. The van der Waals surface area contributed by atoms with Crippen molar-refractivity contribution in [3.05, 3.63) is 11.6 Å². The van der Waals surface area contributed by atoms with Crippen molar-refractivity contribution >= 4 is 0 Å². The molecule has 0 rings (SSSR count). The van der Waals surface area contributed by atoms with Crippen LogP contribution < -0.4 is 0 Å². The van der Waals surface area contributed by atoms with E-state index in [0.717, 1.165) is 24.2 Å². The van der Waals surface area contributed by atoms with Crippen LogP contribution in [0.4, 0.5) is 0 Å². The summed E-state index contributed by atoms with van der Waals surface area (Å²) >= 11 is 0. The molecule has 0 saturated carbocycles. The first-order chi connectivity index (χ1) is 11.0. The number of rotatable bonds is 13. The first kappa shape index (κ1) is 22.3. The van der Waals surface area contributed by atoms with Gasteiger partial charge in [-0.25, -0.2) is 0 Å². The van der Waals surface area contributed by atoms with Gasteiger partial charge in [-0.15, -0.1) is 5.92 Å². The lowest BCUT2D eigenvalue weighted by molar-refractivity contribution is 0.389. The monoisotopic (exact) mass is 318 g/mol. The summed E-state index contributed by atoms with van der Waals surface area (Å²) in [6.07, 6.45) is 15.7. The van der Waals surface area contributed by atoms with Crippen molar-refractivity contribution in [2.24, 2.45) is 17.8 Å². The van der Waals surface area contributed by atoms with Crippen molar-refractivity contribution < 1.29 is 0 Å². The highest BCUT2D eigenvalue weighted by Crippen LogP contribution is 2.22. The molecule has 0 heteroatoms. The van der Waals surface area contributed by atoms with Crippen molar-refractivity contribution in [3.63, 3.8) is 0 Å². The SMILES string of the molecule is CC#CC/C=C(\C)CCC[C@H](C)CCC[C@H](C)CCCC(C)C. The minimum absolute atomic E-state index is 0.869. The van der Waals surface area contributed by atoms with Gasteiger partial charge in [-0.05, 0) is 44.4 Å². The minimum atomic E-state index is 0.869. The molecule has 0 heterocycles. The highest BCUT2D eigenvalue weighted by atomic mass is 14.1. The molecule has 0 N–H and O–H groups in total. The van der Waals surface area contributed by atoms with E-state index in [1.54, 1.807) is 0 Å². The third kappa shape index (κ3) is 16.0. The molecule has 0 aromatic heterocycles. The van der Waals surface area contributed by atoms with E-state index in [1.807, 2.05) is 6.92 Å². The fourth-order valence-corrected chi connectivity index (χ4v) is 3.14. The summed E-state index contributed by atoms with van der Waals surface area (Å²) in [5.74, 6) is 8.75. The highest BCUT2D eigenvalue weighted by molar-refractivity contribution is 5.07. The van der Waals surface area contributed by atoms with E-state index in [0.29, 0.717) is 0 Å². The molecule has 23 heavy (non-hydrogen) atoms. The summed E-state index contributed by atoms with van der Waals surface area (Å²) in [6.45, 7) is 13.7. The summed E-state index contributed by atoms with van der Waals surface area (Å²) in [7, 11) is 0. The summed E-state index contributed by atoms with van der Waals surface area (Å²) in [6, 6.07) is 0. The zero-order valence-corrected chi connectivity index (χ0v) is 16.9. The van der Waals surface area contributed by atoms with Gasteiger partial charge < -0.3 is 0 Å². The summed E-state index contributed by atoms with van der Waals surface area (Å²) in [4.78, 5) is 0. The van der Waals surface area contributed by atoms with Crippen molar-refractivity contribution in [2.45, 2.75) is 106 Å². The largest absolute Gasteiger partial charge is 0.106 e. The Labute approximate surface area is 147 Å². The molecular formula is C23H42. The van der Waals surface area contributed by atoms with Crippen LogP contribution in [0.2, 0.25) is 0 Å². The topological polar surface area (TPSA) is 0 Å². The van der Waals surface area contributed by atoms with E-state index in [9.17, 15) is 0 Å². The molecule has 0 radical (unpaired) electrons. The number of hydrogen-bond donors (Lipinski definition) is 0. The fraction of sp³-hybridized carbons (Fsp3) is 0.826. The average Bonchev–Trinajstić information content (AvgIpc) is 2.47. The molecule has 2 atom stereocenters. The molecule has 0 aromatic carbocycles. The second kappa shape index (κ2) is 14.9. The molecule has 134 valence electrons. The molecule has 0 amide bonds. The molecule has 0 aliphatic heterocycles. The van der Waals surface area contributed by atoms with Gasteiger partial charge in [0.05, 0.1) is 0 Å². The van der Waals surface area contributed by atoms with Gasteiger partial charge >= 0.3 is 0 Å². The van der Waals surface area contributed by atoms with Crippen LogP contribution in [0.25, 0.3) is 0 Å². The van der Waals surface area contributed by atoms with Crippen LogP contribution in [0.3, 0.4) is 0 Å². The molecular weight excluding hydrogens is 276 g/mol. The van der Waals surface area contributed by atoms with Gasteiger partial charge in [-0.3, -0.25) is 0 Å². The van der Waals surface area contributed by atoms with Crippen LogP contribution >= 0.6 is 0 Å². The molecule has 0 nitrogen and oxygen atoms in total. The van der Waals surface area contributed by atoms with E-state index in [-0.39, 0.29) is 0 Å². The van der Waals surface area contributed by atoms with E-state index in [2.05, 4.69) is 52.5 Å². The standard InChI is InChI=1S/C23H42/c1-7-8-9-14-21(4)16-11-18-23(6)19-12-17-22(5)15-10-13-20(2)3/h14,20,22-23H,9-13,15-19H2,1-6H3/b21-14+/t22-,23+/m1/s1. The van der Waals surface area contributed by atoms with Gasteiger partial charge in [0, 0.05) is 6.42 Å². The van der Waals surface area contributed by atoms with Gasteiger partial charge in [0.2, 0.25) is 0 Å². The third-order valence-electron chi connectivity index (χ3n) is 4.87. The van der Waals surface area contributed by atoms with Crippen LogP contribution in [-0.2, 0) is 0 Å². The average molecular weight is 319 g/mol. The molecule has 0 aliphatic rings. The Morgan fingerprint density at radius 1 is 0.826 bits per heavy atom. The van der Waals surface area contributed by atoms with Crippen LogP contribution in [0.1, 0.15) is 106 Å². The maximum Gasteiger partial charge on any atom is 0.0272 e. The van der Waals surface area contributed by atoms with Gasteiger partial charge in [-0.2, -0.15) is 0 Å². The van der Waals surface area contributed by atoms with Crippen molar-refractivity contribution in [1.29, 1.82) is 0 Å². The van der Waals surface area contributed by atoms with Gasteiger partial charge in [0.15, 0.2) is 0 Å². The number of allylic oxidation sites excluding steroid dienone is 2. The van der Waals surface area contributed by atoms with Gasteiger partial charge in [-0.1, -0.05) is 90.2 Å². The van der Waals surface area contributed by atoms with Crippen LogP contribution in [-0.4, -0.2) is 0 Å². The van der Waals surface area contributed by atoms with Crippen LogP contribution in [0.5, 0.6) is 0 Å². The predicted octanol–water partition coefficient (Wildman–Crippen LogP) is 7.79. The Balaban J connectivity index is 3.60. The van der Waals surface area contributed by atoms with E-state index in [4.69, 9.17) is 0 Å². The smallest absolute Gasteiger partial charge is 0.0272 e. The van der Waals surface area contributed by atoms with Crippen molar-refractivity contribution in [1.82, 2.24) is 0 Å². The molecule has 0 fully saturated rings. The van der Waals surface area contributed by atoms with E-state index >= 15 is 0 Å². The van der Waals surface area contributed by atoms with Crippen LogP contribution in [0.15, 0.2) is 11.6 Å². The lowest BCUT2D eigenvalue weighted by atomic mass is 9.91. The Bertz CT molecular complexity index is 350. The van der Waals surface area contributed by atoms with E-state index < -0.39 is 0 Å². The second-order valence-electron chi connectivity index (χ2n) is 8.04. The summed E-state index contributed by atoms with van der Waals surface area (Å²) in [5, 5.41) is 0. The predicted molar refractivity (Wildman–Crippen MR) is 107 cm³/mol. The number of hydrogen-bond acceptors (Lipinski definition) is 0. The second-order valence-corrected chi connectivity index (χ2v) is 8.04. The lowest BCUT2D eigenvalue weighted by Gasteiger charge is -2.15. The zero-order chi connectivity index (χ0) is 17.5. The highest BCUT2D eigenvalue weighted by Gasteiger charge is 2.06. The molecule has 0 aliphatic carbocycles. The summed E-state index contributed by atoms with van der Waals surface area (Å²) < 4.78 is 0. The first-order valence-electron chi connectivity index (χ1n) is 10.0. The minimum Gasteiger partial charge on any atom is -0.106 e. The normalized spacial score (nSPS) is 14.5. The Kier molecular flexibility index (Phi) is 14.4. The van der Waals surface area contributed by atoms with Gasteiger partial charge in [0.1, 0.15) is 0 Å². The maximum atomic E-state index is 3.11. The quantitative estimate of drug-likeness (QED) is 0.240. The Morgan fingerprint density at radius 3 is 1.87 bits per heavy atom. The third-order valence-corrected chi connectivity index (χ3v) is 4.87. The molecule has 0 spiro atoms. The molecule has 0 aromatic rings. The van der Waals surface area contributed by atoms with Crippen LogP contribution in [0, 0.1) is 29.6 Å². The molecule has 0 unspecified atom stereocenters. The van der Waals surface area contributed by atoms with Gasteiger partial charge in [0.25, 0.3) is 0 Å². The maximum absolute atomic E-state index is 3.11. The Hall–Kier alpha value is -0.700. The van der Waals surface area contributed by atoms with Crippen molar-refractivity contribution in [2.75, 3.05) is 0 Å². The summed E-state index contributed by atoms with van der Waals surface area (Å²) in [5.41, 5.74) is 1.51. The molecule has 0 bridgehead atoms. The molecule has 0 saturated heterocycles. The fourth-order valence-electron chi connectivity index (χ4n) is 3.14. The van der Waals surface area contributed by atoms with Crippen molar-refractivity contribution in [3.8, 4) is 11.8 Å². The zero-order valence-electron chi connectivity index (χ0n) is 16.9. The Morgan fingerprint density at radius 2 is 1.35 bits per heavy atom. The first-order valence-corrected chi connectivity index (χ1v) is 10.0.